The van der Waals surface area contributed by atoms with Crippen LogP contribution in [0.3, 0.4) is 0 Å². The molecule has 3 rings (SSSR count). The Morgan fingerprint density at radius 3 is 2.41 bits per heavy atom. The number of ether oxygens (including phenoxy) is 2. The molecular formula is C20H16O7. The van der Waals surface area contributed by atoms with Gasteiger partial charge in [0.2, 0.25) is 11.6 Å². The first-order valence-electron chi connectivity index (χ1n) is 8.03. The number of hydrogen-bond donors (Lipinski definition) is 1. The van der Waals surface area contributed by atoms with E-state index < -0.39 is 35.0 Å². The molecule has 7 nitrogen and oxygen atoms in total. The van der Waals surface area contributed by atoms with Crippen molar-refractivity contribution < 1.29 is 33.8 Å². The minimum atomic E-state index is -1.56. The van der Waals surface area contributed by atoms with Gasteiger partial charge in [0.15, 0.2) is 5.78 Å². The van der Waals surface area contributed by atoms with Crippen LogP contribution in [0.1, 0.15) is 48.1 Å². The molecule has 0 heterocycles. The monoisotopic (exact) mass is 368 g/mol. The highest BCUT2D eigenvalue weighted by Crippen LogP contribution is 2.40. The lowest BCUT2D eigenvalue weighted by Gasteiger charge is -2.25. The van der Waals surface area contributed by atoms with Crippen LogP contribution in [0.15, 0.2) is 30.3 Å². The normalized spacial score (nSPS) is 16.1. The number of esters is 1. The standard InChI is InChI=1S/C20H16O7/c1-9-7-11(20(25)27-3)15(13(8-9)26-2)16-17(22)10-5-4-6-12(21)14(10)18(23)19(16)24/h4-8,16,21H,1-3H3. The first-order chi connectivity index (χ1) is 12.8. The number of aromatic hydroxyl groups is 1. The van der Waals surface area contributed by atoms with Gasteiger partial charge in [-0.1, -0.05) is 12.1 Å². The number of ketones is 3. The molecule has 0 saturated carbocycles. The minimum absolute atomic E-state index is 0.0210. The van der Waals surface area contributed by atoms with Crippen LogP contribution in [0.25, 0.3) is 0 Å². The van der Waals surface area contributed by atoms with E-state index in [1.165, 1.54) is 38.5 Å². The van der Waals surface area contributed by atoms with Crippen molar-refractivity contribution in [3.8, 4) is 11.5 Å². The molecule has 1 aliphatic rings. The van der Waals surface area contributed by atoms with Crippen molar-refractivity contribution in [1.29, 1.82) is 0 Å². The van der Waals surface area contributed by atoms with Gasteiger partial charge in [0.05, 0.1) is 25.3 Å². The zero-order valence-electron chi connectivity index (χ0n) is 14.9. The lowest BCUT2D eigenvalue weighted by Crippen LogP contribution is -2.36. The lowest BCUT2D eigenvalue weighted by atomic mass is 9.75. The number of carbonyl (C=O) groups excluding carboxylic acids is 4. The first kappa shape index (κ1) is 18.3. The number of fused-ring (bicyclic) bond motifs is 1. The van der Waals surface area contributed by atoms with Crippen LogP contribution in [-0.2, 0) is 9.53 Å². The summed E-state index contributed by atoms with van der Waals surface area (Å²) in [4.78, 5) is 50.7. The van der Waals surface area contributed by atoms with Crippen molar-refractivity contribution in [1.82, 2.24) is 0 Å². The molecule has 0 aromatic heterocycles. The molecule has 1 unspecified atom stereocenters. The number of hydrogen-bond acceptors (Lipinski definition) is 7. The highest BCUT2D eigenvalue weighted by molar-refractivity contribution is 6.54. The summed E-state index contributed by atoms with van der Waals surface area (Å²) in [6.45, 7) is 1.71. The van der Waals surface area contributed by atoms with E-state index in [-0.39, 0.29) is 28.0 Å². The second-order valence-electron chi connectivity index (χ2n) is 6.11. The summed E-state index contributed by atoms with van der Waals surface area (Å²) in [5.41, 5.74) is 0.193. The number of Topliss-reactive ketones (excluding diaryl/α,β-unsaturated/α-hetero) is 3. The van der Waals surface area contributed by atoms with Crippen LogP contribution < -0.4 is 4.74 Å². The second kappa shape index (κ2) is 6.68. The van der Waals surface area contributed by atoms with Crippen molar-refractivity contribution in [2.45, 2.75) is 12.8 Å². The Kier molecular flexibility index (Phi) is 4.53. The third-order valence-electron chi connectivity index (χ3n) is 4.48. The average Bonchev–Trinajstić information content (AvgIpc) is 2.66. The fourth-order valence-electron chi connectivity index (χ4n) is 3.28. The fraction of sp³-hybridized carbons (Fsp3) is 0.200. The number of aryl methyl sites for hydroxylation is 1. The summed E-state index contributed by atoms with van der Waals surface area (Å²) in [5.74, 6) is -5.37. The summed E-state index contributed by atoms with van der Waals surface area (Å²) in [6.07, 6.45) is 0. The Hall–Kier alpha value is -3.48. The second-order valence-corrected chi connectivity index (χ2v) is 6.11. The van der Waals surface area contributed by atoms with Gasteiger partial charge < -0.3 is 14.6 Å². The number of benzene rings is 2. The van der Waals surface area contributed by atoms with Crippen molar-refractivity contribution in [3.63, 3.8) is 0 Å². The van der Waals surface area contributed by atoms with Gasteiger partial charge in [-0.3, -0.25) is 14.4 Å². The Morgan fingerprint density at radius 1 is 1.07 bits per heavy atom. The quantitative estimate of drug-likeness (QED) is 0.503. The topological polar surface area (TPSA) is 107 Å². The van der Waals surface area contributed by atoms with Crippen LogP contribution in [0, 0.1) is 6.92 Å². The number of phenolic OH excluding ortho intramolecular Hbond substituents is 1. The van der Waals surface area contributed by atoms with Crippen LogP contribution in [0.2, 0.25) is 0 Å². The maximum Gasteiger partial charge on any atom is 0.338 e. The third kappa shape index (κ3) is 2.77. The van der Waals surface area contributed by atoms with Crippen LogP contribution >= 0.6 is 0 Å². The minimum Gasteiger partial charge on any atom is -0.507 e. The number of phenols is 1. The Bertz CT molecular complexity index is 1000. The zero-order valence-corrected chi connectivity index (χ0v) is 14.9. The maximum atomic E-state index is 13.0. The highest BCUT2D eigenvalue weighted by atomic mass is 16.5. The predicted molar refractivity (Wildman–Crippen MR) is 93.6 cm³/mol. The van der Waals surface area contributed by atoms with E-state index in [4.69, 9.17) is 9.47 Å². The van der Waals surface area contributed by atoms with E-state index in [1.54, 1.807) is 13.0 Å². The van der Waals surface area contributed by atoms with Gasteiger partial charge in [-0.15, -0.1) is 0 Å². The van der Waals surface area contributed by atoms with Gasteiger partial charge in [-0.25, -0.2) is 4.79 Å². The van der Waals surface area contributed by atoms with Crippen LogP contribution in [0.4, 0.5) is 0 Å². The van der Waals surface area contributed by atoms with Gasteiger partial charge >= 0.3 is 5.97 Å². The molecule has 0 aliphatic heterocycles. The van der Waals surface area contributed by atoms with Gasteiger partial charge in [-0.2, -0.15) is 0 Å². The number of carbonyl (C=O) groups is 4. The van der Waals surface area contributed by atoms with E-state index in [9.17, 15) is 24.3 Å². The van der Waals surface area contributed by atoms with E-state index in [1.807, 2.05) is 0 Å². The van der Waals surface area contributed by atoms with Crippen molar-refractivity contribution in [3.05, 3.63) is 58.1 Å². The average molecular weight is 368 g/mol. The predicted octanol–water partition coefficient (Wildman–Crippen LogP) is 2.23. The summed E-state index contributed by atoms with van der Waals surface area (Å²) >= 11 is 0. The SMILES string of the molecule is COC(=O)c1cc(C)cc(OC)c1C1C(=O)C(=O)c2c(O)cccc2C1=O. The molecule has 2 aromatic carbocycles. The molecule has 2 aromatic rings. The molecule has 0 amide bonds. The van der Waals surface area contributed by atoms with Gasteiger partial charge in [-0.05, 0) is 30.7 Å². The molecule has 1 N–H and O–H groups in total. The summed E-state index contributed by atoms with van der Waals surface area (Å²) in [5, 5.41) is 9.91. The Morgan fingerprint density at radius 2 is 1.78 bits per heavy atom. The lowest BCUT2D eigenvalue weighted by molar-refractivity contribution is -0.115. The summed E-state index contributed by atoms with van der Waals surface area (Å²) < 4.78 is 10.1. The molecule has 1 aliphatic carbocycles. The largest absolute Gasteiger partial charge is 0.507 e. The summed E-state index contributed by atoms with van der Waals surface area (Å²) in [7, 11) is 2.50. The van der Waals surface area contributed by atoms with Crippen molar-refractivity contribution in [2.75, 3.05) is 14.2 Å². The smallest absolute Gasteiger partial charge is 0.338 e. The molecule has 0 spiro atoms. The third-order valence-corrected chi connectivity index (χ3v) is 4.48. The molecule has 0 bridgehead atoms. The zero-order chi connectivity index (χ0) is 19.9. The Balaban J connectivity index is 2.31. The van der Waals surface area contributed by atoms with Crippen LogP contribution in [-0.4, -0.2) is 42.6 Å². The van der Waals surface area contributed by atoms with E-state index in [0.29, 0.717) is 5.56 Å². The van der Waals surface area contributed by atoms with Gasteiger partial charge in [0, 0.05) is 11.1 Å². The number of methoxy groups -OCH3 is 2. The van der Waals surface area contributed by atoms with Crippen molar-refractivity contribution in [2.24, 2.45) is 0 Å². The molecule has 1 atom stereocenters. The summed E-state index contributed by atoms with van der Waals surface area (Å²) in [6, 6.07) is 7.01. The highest BCUT2D eigenvalue weighted by Gasteiger charge is 2.45. The van der Waals surface area contributed by atoms with Crippen molar-refractivity contribution >= 4 is 23.3 Å². The number of rotatable bonds is 3. The molecule has 27 heavy (non-hydrogen) atoms. The first-order valence-corrected chi connectivity index (χ1v) is 8.03. The molecule has 0 radical (unpaired) electrons. The molecule has 138 valence electrons. The fourth-order valence-corrected chi connectivity index (χ4v) is 3.28. The van der Waals surface area contributed by atoms with E-state index >= 15 is 0 Å². The maximum absolute atomic E-state index is 13.0. The van der Waals surface area contributed by atoms with Crippen LogP contribution in [0.5, 0.6) is 11.5 Å². The van der Waals surface area contributed by atoms with E-state index in [2.05, 4.69) is 0 Å². The molecule has 0 fully saturated rings. The molecule has 0 saturated heterocycles. The van der Waals surface area contributed by atoms with E-state index in [0.717, 1.165) is 0 Å². The van der Waals surface area contributed by atoms with Gasteiger partial charge in [0.1, 0.15) is 17.4 Å². The molecular weight excluding hydrogens is 352 g/mol. The Labute approximate surface area is 154 Å². The molecule has 7 heteroatoms. The van der Waals surface area contributed by atoms with Gasteiger partial charge in [0.25, 0.3) is 0 Å².